The topological polar surface area (TPSA) is 108 Å². The van der Waals surface area contributed by atoms with Crippen molar-refractivity contribution in [3.05, 3.63) is 70.7 Å². The third-order valence-electron chi connectivity index (χ3n) is 4.38. The van der Waals surface area contributed by atoms with E-state index in [1.165, 1.54) is 49.7 Å². The zero-order valence-electron chi connectivity index (χ0n) is 17.2. The van der Waals surface area contributed by atoms with E-state index in [1.54, 1.807) is 5.38 Å². The normalized spacial score (nSPS) is 11.4. The molecule has 0 radical (unpaired) electrons. The highest BCUT2D eigenvalue weighted by atomic mass is 32.2. The maximum Gasteiger partial charge on any atom is 0.269 e. The number of rotatable bonds is 6. The van der Waals surface area contributed by atoms with Gasteiger partial charge < -0.3 is 0 Å². The molecule has 0 saturated carbocycles. The van der Waals surface area contributed by atoms with Crippen LogP contribution in [0.4, 0.5) is 0 Å². The largest absolute Gasteiger partial charge is 0.273 e. The summed E-state index contributed by atoms with van der Waals surface area (Å²) in [5.74, 6) is -1.06. The first kappa shape index (κ1) is 22.6. The third-order valence-corrected chi connectivity index (χ3v) is 7.13. The molecular formula is C21H22N4O4S2. The van der Waals surface area contributed by atoms with Crippen molar-refractivity contribution < 1.29 is 18.0 Å². The van der Waals surface area contributed by atoms with Crippen LogP contribution in [0.15, 0.2) is 58.8 Å². The van der Waals surface area contributed by atoms with Gasteiger partial charge in [-0.1, -0.05) is 35.9 Å². The molecule has 0 aliphatic heterocycles. The molecule has 0 aliphatic carbocycles. The molecule has 1 heterocycles. The Hall–Kier alpha value is -3.08. The van der Waals surface area contributed by atoms with Crippen LogP contribution in [0.2, 0.25) is 0 Å². The predicted molar refractivity (Wildman–Crippen MR) is 119 cm³/mol. The molecule has 1 aromatic heterocycles. The van der Waals surface area contributed by atoms with Crippen LogP contribution in [-0.2, 0) is 21.2 Å². The summed E-state index contributed by atoms with van der Waals surface area (Å²) in [5, 5.41) is 2.61. The summed E-state index contributed by atoms with van der Waals surface area (Å²) in [4.78, 5) is 29.0. The lowest BCUT2D eigenvalue weighted by Gasteiger charge is -2.12. The zero-order valence-corrected chi connectivity index (χ0v) is 18.9. The molecule has 0 bridgehead atoms. The molecule has 2 aromatic carbocycles. The number of hydrazine groups is 1. The molecule has 8 nitrogen and oxygen atoms in total. The van der Waals surface area contributed by atoms with Gasteiger partial charge in [0.25, 0.3) is 5.91 Å². The van der Waals surface area contributed by atoms with E-state index in [9.17, 15) is 18.0 Å². The number of carbonyl (C=O) groups excluding carboxylic acids is 2. The summed E-state index contributed by atoms with van der Waals surface area (Å²) < 4.78 is 25.5. The Morgan fingerprint density at radius 2 is 1.77 bits per heavy atom. The van der Waals surface area contributed by atoms with Crippen LogP contribution in [0.1, 0.15) is 21.6 Å². The maximum atomic E-state index is 12.3. The molecule has 0 atom stereocenters. The van der Waals surface area contributed by atoms with Crippen molar-refractivity contribution in [2.45, 2.75) is 18.2 Å². The first-order chi connectivity index (χ1) is 14.7. The number of nitrogens with zero attached hydrogens (tertiary/aromatic N) is 2. The number of nitrogens with one attached hydrogen (secondary N) is 2. The lowest BCUT2D eigenvalue weighted by molar-refractivity contribution is -0.121. The van der Waals surface area contributed by atoms with E-state index in [0.717, 1.165) is 20.4 Å². The van der Waals surface area contributed by atoms with Crippen LogP contribution >= 0.6 is 11.3 Å². The number of aromatic nitrogens is 1. The van der Waals surface area contributed by atoms with E-state index in [0.29, 0.717) is 5.69 Å². The van der Waals surface area contributed by atoms with Gasteiger partial charge in [-0.05, 0) is 25.1 Å². The molecule has 10 heteroatoms. The summed E-state index contributed by atoms with van der Waals surface area (Å²) >= 11 is 1.44. The quantitative estimate of drug-likeness (QED) is 0.552. The van der Waals surface area contributed by atoms with Gasteiger partial charge in [0.15, 0.2) is 0 Å². The van der Waals surface area contributed by atoms with Crippen molar-refractivity contribution in [2.75, 3.05) is 14.1 Å². The van der Waals surface area contributed by atoms with Crippen molar-refractivity contribution in [3.8, 4) is 10.6 Å². The monoisotopic (exact) mass is 458 g/mol. The average molecular weight is 459 g/mol. The molecule has 162 valence electrons. The van der Waals surface area contributed by atoms with Crippen molar-refractivity contribution >= 4 is 33.2 Å². The van der Waals surface area contributed by atoms with E-state index in [4.69, 9.17) is 0 Å². The Labute approximate surface area is 185 Å². The van der Waals surface area contributed by atoms with Gasteiger partial charge in [-0.25, -0.2) is 17.7 Å². The van der Waals surface area contributed by atoms with Crippen molar-refractivity contribution in [3.63, 3.8) is 0 Å². The van der Waals surface area contributed by atoms with E-state index in [-0.39, 0.29) is 16.9 Å². The fourth-order valence-corrected chi connectivity index (χ4v) is 4.41. The molecule has 3 rings (SSSR count). The first-order valence-corrected chi connectivity index (χ1v) is 11.6. The van der Waals surface area contributed by atoms with Gasteiger partial charge in [-0.2, -0.15) is 0 Å². The molecule has 0 aliphatic rings. The lowest BCUT2D eigenvalue weighted by atomic mass is 10.2. The summed E-state index contributed by atoms with van der Waals surface area (Å²) in [5.41, 5.74) is 7.46. The summed E-state index contributed by atoms with van der Waals surface area (Å²) in [6, 6.07) is 13.5. The van der Waals surface area contributed by atoms with Gasteiger partial charge in [0, 0.05) is 30.6 Å². The average Bonchev–Trinajstić information content (AvgIpc) is 3.20. The maximum absolute atomic E-state index is 12.3. The Kier molecular flexibility index (Phi) is 6.84. The molecule has 31 heavy (non-hydrogen) atoms. The summed E-state index contributed by atoms with van der Waals surface area (Å²) in [7, 11) is -0.854. The number of hydrogen-bond acceptors (Lipinski definition) is 6. The highest BCUT2D eigenvalue weighted by Crippen LogP contribution is 2.24. The minimum Gasteiger partial charge on any atom is -0.273 e. The SMILES string of the molecule is Cc1ccc(-c2nc(CC(=O)NNC(=O)c3cccc(S(=O)(=O)N(C)C)c3)cs2)cc1. The van der Waals surface area contributed by atoms with Gasteiger partial charge in [0.1, 0.15) is 5.01 Å². The minimum absolute atomic E-state index is 0.00229. The molecule has 0 saturated heterocycles. The van der Waals surface area contributed by atoms with Crippen LogP contribution in [0, 0.1) is 6.92 Å². The Morgan fingerprint density at radius 1 is 1.06 bits per heavy atom. The second-order valence-electron chi connectivity index (χ2n) is 7.00. The number of carbonyl (C=O) groups is 2. The summed E-state index contributed by atoms with van der Waals surface area (Å²) in [6.07, 6.45) is -0.00229. The van der Waals surface area contributed by atoms with E-state index < -0.39 is 21.8 Å². The van der Waals surface area contributed by atoms with E-state index in [2.05, 4.69) is 15.8 Å². The first-order valence-electron chi connectivity index (χ1n) is 9.30. The predicted octanol–water partition coefficient (Wildman–Crippen LogP) is 2.37. The van der Waals surface area contributed by atoms with Gasteiger partial charge >= 0.3 is 0 Å². The molecule has 0 unspecified atom stereocenters. The third kappa shape index (κ3) is 5.54. The van der Waals surface area contributed by atoms with E-state index in [1.807, 2.05) is 31.2 Å². The van der Waals surface area contributed by atoms with Crippen LogP contribution < -0.4 is 10.9 Å². The van der Waals surface area contributed by atoms with E-state index >= 15 is 0 Å². The molecule has 2 amide bonds. The molecule has 2 N–H and O–H groups in total. The molecule has 0 spiro atoms. The van der Waals surface area contributed by atoms with Crippen molar-refractivity contribution in [1.82, 2.24) is 20.1 Å². The second kappa shape index (κ2) is 9.38. The number of amides is 2. The van der Waals surface area contributed by atoms with Crippen LogP contribution in [0.5, 0.6) is 0 Å². The smallest absolute Gasteiger partial charge is 0.269 e. The Bertz CT molecular complexity index is 1200. The van der Waals surface area contributed by atoms with Gasteiger partial charge in [0.2, 0.25) is 15.9 Å². The molecular weight excluding hydrogens is 436 g/mol. The molecule has 3 aromatic rings. The van der Waals surface area contributed by atoms with Crippen molar-refractivity contribution in [2.24, 2.45) is 0 Å². The number of hydrogen-bond donors (Lipinski definition) is 2. The lowest BCUT2D eigenvalue weighted by Crippen LogP contribution is -2.42. The standard InChI is InChI=1S/C21H22N4O4S2/c1-14-7-9-15(10-8-14)21-22-17(13-30-21)12-19(26)23-24-20(27)16-5-4-6-18(11-16)31(28,29)25(2)3/h4-11,13H,12H2,1-3H3,(H,23,26)(H,24,27). The molecule has 0 fully saturated rings. The highest BCUT2D eigenvalue weighted by Gasteiger charge is 2.19. The number of benzene rings is 2. The number of thiazole rings is 1. The fourth-order valence-electron chi connectivity index (χ4n) is 2.63. The Morgan fingerprint density at radius 3 is 2.45 bits per heavy atom. The summed E-state index contributed by atoms with van der Waals surface area (Å²) in [6.45, 7) is 2.01. The zero-order chi connectivity index (χ0) is 22.6. The van der Waals surface area contributed by atoms with Gasteiger partial charge in [-0.15, -0.1) is 11.3 Å². The highest BCUT2D eigenvalue weighted by molar-refractivity contribution is 7.89. The van der Waals surface area contributed by atoms with Gasteiger partial charge in [-0.3, -0.25) is 20.4 Å². The fraction of sp³-hybridized carbons (Fsp3) is 0.190. The number of aryl methyl sites for hydroxylation is 1. The van der Waals surface area contributed by atoms with Crippen LogP contribution in [-0.4, -0.2) is 43.6 Å². The number of sulfonamides is 1. The second-order valence-corrected chi connectivity index (χ2v) is 10.0. The van der Waals surface area contributed by atoms with Crippen LogP contribution in [0.25, 0.3) is 10.6 Å². The van der Waals surface area contributed by atoms with Crippen molar-refractivity contribution in [1.29, 1.82) is 0 Å². The Balaban J connectivity index is 1.59. The minimum atomic E-state index is -3.67. The van der Waals surface area contributed by atoms with Gasteiger partial charge in [0.05, 0.1) is 17.0 Å². The van der Waals surface area contributed by atoms with Crippen LogP contribution in [0.3, 0.4) is 0 Å².